The third kappa shape index (κ3) is 3.93. The second-order valence-corrected chi connectivity index (χ2v) is 8.06. The fourth-order valence-corrected chi connectivity index (χ4v) is 4.45. The summed E-state index contributed by atoms with van der Waals surface area (Å²) < 4.78 is 16.6. The number of halogens is 1. The molecule has 0 saturated heterocycles. The van der Waals surface area contributed by atoms with Gasteiger partial charge in [-0.3, -0.25) is 13.9 Å². The first-order valence-corrected chi connectivity index (χ1v) is 10.7. The number of hydrogen-bond donors (Lipinski definition) is 1. The lowest BCUT2D eigenvalue weighted by Crippen LogP contribution is -2.35. The molecular formula is C23H22FN3O2S. The van der Waals surface area contributed by atoms with Crippen LogP contribution < -0.4 is 11.0 Å². The molecule has 1 atom stereocenters. The number of nitrogens with one attached hydrogen (secondary N) is 1. The summed E-state index contributed by atoms with van der Waals surface area (Å²) in [4.78, 5) is 26.9. The fourth-order valence-electron chi connectivity index (χ4n) is 3.64. The van der Waals surface area contributed by atoms with Crippen molar-refractivity contribution in [2.24, 2.45) is 0 Å². The van der Waals surface area contributed by atoms with E-state index >= 15 is 0 Å². The minimum Gasteiger partial charge on any atom is -0.343 e. The zero-order valence-electron chi connectivity index (χ0n) is 16.5. The summed E-state index contributed by atoms with van der Waals surface area (Å²) in [6.07, 6.45) is 0.825. The standard InChI is InChI=1S/C23H22FN3O2S/c1-2-13-26-18-6-3-4-7-19(18)27(23(26)29)15-21(28)25-22(20-8-5-14-30-20)16-9-11-17(24)12-10-16/h3-12,14,22H,2,13,15H2,1H3,(H,25,28). The molecule has 1 N–H and O–H groups in total. The van der Waals surface area contributed by atoms with E-state index in [0.717, 1.165) is 27.9 Å². The molecule has 0 radical (unpaired) electrons. The van der Waals surface area contributed by atoms with E-state index in [4.69, 9.17) is 0 Å². The number of hydrogen-bond acceptors (Lipinski definition) is 3. The number of benzene rings is 2. The Morgan fingerprint density at radius 3 is 2.37 bits per heavy atom. The Labute approximate surface area is 177 Å². The average Bonchev–Trinajstić information content (AvgIpc) is 3.37. The zero-order valence-corrected chi connectivity index (χ0v) is 17.4. The van der Waals surface area contributed by atoms with E-state index in [0.29, 0.717) is 6.54 Å². The van der Waals surface area contributed by atoms with Gasteiger partial charge in [0.25, 0.3) is 0 Å². The Balaban J connectivity index is 1.64. The summed E-state index contributed by atoms with van der Waals surface area (Å²) in [7, 11) is 0. The maximum Gasteiger partial charge on any atom is 0.329 e. The fraction of sp³-hybridized carbons (Fsp3) is 0.217. The van der Waals surface area contributed by atoms with Crippen molar-refractivity contribution >= 4 is 28.3 Å². The summed E-state index contributed by atoms with van der Waals surface area (Å²) in [6, 6.07) is 17.0. The van der Waals surface area contributed by atoms with Crippen molar-refractivity contribution in [3.63, 3.8) is 0 Å². The molecule has 2 aromatic heterocycles. The van der Waals surface area contributed by atoms with Gasteiger partial charge >= 0.3 is 5.69 Å². The lowest BCUT2D eigenvalue weighted by atomic mass is 10.1. The third-order valence-electron chi connectivity index (χ3n) is 5.01. The van der Waals surface area contributed by atoms with Crippen LogP contribution in [0.15, 0.2) is 70.8 Å². The first-order valence-electron chi connectivity index (χ1n) is 9.84. The monoisotopic (exact) mass is 423 g/mol. The first kappa shape index (κ1) is 20.1. The van der Waals surface area contributed by atoms with E-state index < -0.39 is 6.04 Å². The number of thiophene rings is 1. The molecule has 0 aliphatic rings. The molecule has 7 heteroatoms. The number of carbonyl (C=O) groups is 1. The highest BCUT2D eigenvalue weighted by molar-refractivity contribution is 7.10. The second kappa shape index (κ2) is 8.67. The number of para-hydroxylation sites is 2. The molecule has 1 unspecified atom stereocenters. The summed E-state index contributed by atoms with van der Waals surface area (Å²) >= 11 is 1.51. The van der Waals surface area contributed by atoms with Crippen LogP contribution in [0.1, 0.15) is 29.8 Å². The molecule has 0 bridgehead atoms. The van der Waals surface area contributed by atoms with Gasteiger partial charge in [0.2, 0.25) is 5.91 Å². The summed E-state index contributed by atoms with van der Waals surface area (Å²) in [5, 5.41) is 4.95. The van der Waals surface area contributed by atoms with Crippen molar-refractivity contribution in [2.75, 3.05) is 0 Å². The van der Waals surface area contributed by atoms with E-state index in [1.165, 1.54) is 28.0 Å². The van der Waals surface area contributed by atoms with Crippen molar-refractivity contribution in [1.82, 2.24) is 14.5 Å². The highest BCUT2D eigenvalue weighted by Gasteiger charge is 2.20. The Kier molecular flexibility index (Phi) is 5.81. The molecule has 0 fully saturated rings. The Morgan fingerprint density at radius 2 is 1.73 bits per heavy atom. The van der Waals surface area contributed by atoms with Crippen LogP contribution in [0.4, 0.5) is 4.39 Å². The molecule has 4 aromatic rings. The molecule has 2 heterocycles. The number of fused-ring (bicyclic) bond motifs is 1. The molecule has 154 valence electrons. The third-order valence-corrected chi connectivity index (χ3v) is 5.95. The van der Waals surface area contributed by atoms with Crippen molar-refractivity contribution in [1.29, 1.82) is 0 Å². The highest BCUT2D eigenvalue weighted by Crippen LogP contribution is 2.26. The van der Waals surface area contributed by atoms with Gasteiger partial charge in [0.05, 0.1) is 17.1 Å². The molecule has 0 saturated carbocycles. The predicted molar refractivity (Wildman–Crippen MR) is 117 cm³/mol. The number of imidazole rings is 1. The smallest absolute Gasteiger partial charge is 0.329 e. The summed E-state index contributed by atoms with van der Waals surface area (Å²) in [5.41, 5.74) is 2.15. The minimum atomic E-state index is -0.405. The van der Waals surface area contributed by atoms with Crippen LogP contribution in [-0.2, 0) is 17.9 Å². The molecule has 0 spiro atoms. The first-order chi connectivity index (χ1) is 14.6. The highest BCUT2D eigenvalue weighted by atomic mass is 32.1. The Bertz CT molecular complexity index is 1210. The van der Waals surface area contributed by atoms with Gasteiger partial charge in [-0.15, -0.1) is 11.3 Å². The molecule has 0 aliphatic heterocycles. The lowest BCUT2D eigenvalue weighted by Gasteiger charge is -2.18. The Morgan fingerprint density at radius 1 is 1.03 bits per heavy atom. The van der Waals surface area contributed by atoms with Gasteiger partial charge in [-0.1, -0.05) is 37.3 Å². The normalized spacial score (nSPS) is 12.2. The predicted octanol–water partition coefficient (Wildman–Crippen LogP) is 4.32. The second-order valence-electron chi connectivity index (χ2n) is 7.08. The van der Waals surface area contributed by atoms with Crippen LogP contribution in [0.5, 0.6) is 0 Å². The van der Waals surface area contributed by atoms with Crippen molar-refractivity contribution in [3.8, 4) is 0 Å². The van der Waals surface area contributed by atoms with Gasteiger partial charge in [0.15, 0.2) is 0 Å². The van der Waals surface area contributed by atoms with Crippen molar-refractivity contribution in [3.05, 3.63) is 92.8 Å². The number of rotatable bonds is 7. The zero-order chi connectivity index (χ0) is 21.1. The molecule has 1 amide bonds. The maximum atomic E-state index is 13.4. The minimum absolute atomic E-state index is 0.0842. The average molecular weight is 424 g/mol. The number of nitrogens with zero attached hydrogens (tertiary/aromatic N) is 2. The topological polar surface area (TPSA) is 56.0 Å². The van der Waals surface area contributed by atoms with E-state index in [9.17, 15) is 14.0 Å². The van der Waals surface area contributed by atoms with Gasteiger partial charge in [-0.2, -0.15) is 0 Å². The quantitative estimate of drug-likeness (QED) is 0.481. The van der Waals surface area contributed by atoms with Gasteiger partial charge in [-0.05, 0) is 47.7 Å². The van der Waals surface area contributed by atoms with Crippen LogP contribution in [0.3, 0.4) is 0 Å². The van der Waals surface area contributed by atoms with E-state index in [1.807, 2.05) is 48.7 Å². The molecule has 4 rings (SSSR count). The molecular weight excluding hydrogens is 401 g/mol. The van der Waals surface area contributed by atoms with E-state index in [-0.39, 0.29) is 24.0 Å². The van der Waals surface area contributed by atoms with Crippen LogP contribution in [-0.4, -0.2) is 15.0 Å². The van der Waals surface area contributed by atoms with Gasteiger partial charge < -0.3 is 5.32 Å². The lowest BCUT2D eigenvalue weighted by molar-refractivity contribution is -0.122. The number of amides is 1. The molecule has 2 aromatic carbocycles. The molecule has 5 nitrogen and oxygen atoms in total. The molecule has 30 heavy (non-hydrogen) atoms. The van der Waals surface area contributed by atoms with E-state index in [1.54, 1.807) is 16.7 Å². The maximum absolute atomic E-state index is 13.4. The molecule has 0 aliphatic carbocycles. The van der Waals surface area contributed by atoms with Gasteiger partial charge in [0.1, 0.15) is 12.4 Å². The number of aryl methyl sites for hydroxylation is 1. The van der Waals surface area contributed by atoms with Crippen molar-refractivity contribution in [2.45, 2.75) is 32.5 Å². The van der Waals surface area contributed by atoms with Crippen molar-refractivity contribution < 1.29 is 9.18 Å². The van der Waals surface area contributed by atoms with Gasteiger partial charge in [0, 0.05) is 11.4 Å². The SMILES string of the molecule is CCCn1c(=O)n(CC(=O)NC(c2ccc(F)cc2)c2cccs2)c2ccccc21. The van der Waals surface area contributed by atoms with E-state index in [2.05, 4.69) is 5.32 Å². The van der Waals surface area contributed by atoms with Crippen LogP contribution in [0, 0.1) is 5.82 Å². The van der Waals surface area contributed by atoms with Gasteiger partial charge in [-0.25, -0.2) is 9.18 Å². The number of aromatic nitrogens is 2. The van der Waals surface area contributed by atoms with Crippen LogP contribution in [0.2, 0.25) is 0 Å². The summed E-state index contributed by atoms with van der Waals surface area (Å²) in [6.45, 7) is 2.53. The Hall–Kier alpha value is -3.19. The van der Waals surface area contributed by atoms with Crippen LogP contribution in [0.25, 0.3) is 11.0 Å². The largest absolute Gasteiger partial charge is 0.343 e. The van der Waals surface area contributed by atoms with Crippen LogP contribution >= 0.6 is 11.3 Å². The number of carbonyl (C=O) groups excluding carboxylic acids is 1. The summed E-state index contributed by atoms with van der Waals surface area (Å²) in [5.74, 6) is -0.607.